The number of hydrogen-bond acceptors (Lipinski definition) is 4. The molecule has 0 radical (unpaired) electrons. The Labute approximate surface area is 99.3 Å². The molecule has 0 aliphatic heterocycles. The zero-order chi connectivity index (χ0) is 12.6. The SMILES string of the molecule is CCCCC(CC)CO[P+](=O)OC(C)(C)O. The second kappa shape index (κ2) is 8.13. The molecule has 0 aromatic heterocycles. The van der Waals surface area contributed by atoms with Gasteiger partial charge in [-0.05, 0) is 26.2 Å². The van der Waals surface area contributed by atoms with Crippen molar-refractivity contribution in [2.75, 3.05) is 6.61 Å². The highest BCUT2D eigenvalue weighted by Gasteiger charge is 2.32. The molecular formula is C11H24O4P+. The zero-order valence-electron chi connectivity index (χ0n) is 10.7. The van der Waals surface area contributed by atoms with E-state index in [4.69, 9.17) is 9.05 Å². The molecule has 0 bridgehead atoms. The van der Waals surface area contributed by atoms with Crippen molar-refractivity contribution in [2.24, 2.45) is 5.92 Å². The summed E-state index contributed by atoms with van der Waals surface area (Å²) in [6.07, 6.45) is 4.40. The fourth-order valence-corrected chi connectivity index (χ4v) is 2.02. The van der Waals surface area contributed by atoms with Gasteiger partial charge in [-0.1, -0.05) is 37.6 Å². The van der Waals surface area contributed by atoms with Gasteiger partial charge in [0.1, 0.15) is 6.61 Å². The van der Waals surface area contributed by atoms with Crippen LogP contribution in [0, 0.1) is 5.92 Å². The Morgan fingerprint density at radius 2 is 2.00 bits per heavy atom. The highest BCUT2D eigenvalue weighted by molar-refractivity contribution is 7.33. The number of aliphatic hydroxyl groups is 1. The minimum atomic E-state index is -2.22. The molecule has 0 aliphatic rings. The summed E-state index contributed by atoms with van der Waals surface area (Å²) in [7, 11) is -2.22. The van der Waals surface area contributed by atoms with Crippen LogP contribution in [0.2, 0.25) is 0 Å². The monoisotopic (exact) mass is 251 g/mol. The predicted octanol–water partition coefficient (Wildman–Crippen LogP) is 3.62. The van der Waals surface area contributed by atoms with Gasteiger partial charge in [0.25, 0.3) is 0 Å². The summed E-state index contributed by atoms with van der Waals surface area (Å²) in [5.41, 5.74) is 0. The highest BCUT2D eigenvalue weighted by atomic mass is 31.1. The third-order valence-corrected chi connectivity index (χ3v) is 3.21. The molecule has 0 amide bonds. The van der Waals surface area contributed by atoms with E-state index in [1.54, 1.807) is 0 Å². The van der Waals surface area contributed by atoms with Gasteiger partial charge < -0.3 is 5.11 Å². The van der Waals surface area contributed by atoms with E-state index in [9.17, 15) is 9.67 Å². The quantitative estimate of drug-likeness (QED) is 0.502. The Bertz CT molecular complexity index is 201. The molecule has 0 aromatic carbocycles. The molecule has 16 heavy (non-hydrogen) atoms. The summed E-state index contributed by atoms with van der Waals surface area (Å²) >= 11 is 0. The summed E-state index contributed by atoms with van der Waals surface area (Å²) in [6, 6.07) is 0. The standard InChI is InChI=1S/C11H24O4P/c1-5-7-8-10(6-2)9-14-16(13)15-11(3,4)12/h10,12H,5-9H2,1-4H3/q+1. The van der Waals surface area contributed by atoms with E-state index in [1.807, 2.05) is 0 Å². The normalized spacial score (nSPS) is 14.9. The van der Waals surface area contributed by atoms with E-state index in [1.165, 1.54) is 13.8 Å². The lowest BCUT2D eigenvalue weighted by Gasteiger charge is -2.11. The Kier molecular flexibility index (Phi) is 8.12. The topological polar surface area (TPSA) is 55.8 Å². The van der Waals surface area contributed by atoms with Crippen molar-refractivity contribution in [1.82, 2.24) is 0 Å². The number of unbranched alkanes of at least 4 members (excludes halogenated alkanes) is 1. The minimum absolute atomic E-state index is 0.421. The second-order valence-electron chi connectivity index (χ2n) is 4.47. The van der Waals surface area contributed by atoms with Crippen molar-refractivity contribution < 1.29 is 18.7 Å². The summed E-state index contributed by atoms with van der Waals surface area (Å²) in [5, 5.41) is 9.27. The highest BCUT2D eigenvalue weighted by Crippen LogP contribution is 2.31. The van der Waals surface area contributed by atoms with Crippen LogP contribution < -0.4 is 0 Å². The average molecular weight is 251 g/mol. The average Bonchev–Trinajstić information content (AvgIpc) is 2.15. The third kappa shape index (κ3) is 9.22. The van der Waals surface area contributed by atoms with Gasteiger partial charge in [-0.2, -0.15) is 0 Å². The molecule has 0 aromatic rings. The number of rotatable bonds is 9. The lowest BCUT2D eigenvalue weighted by molar-refractivity contribution is -0.107. The molecule has 0 saturated heterocycles. The summed E-state index contributed by atoms with van der Waals surface area (Å²) < 4.78 is 21.2. The van der Waals surface area contributed by atoms with Crippen molar-refractivity contribution in [2.45, 2.75) is 59.2 Å². The van der Waals surface area contributed by atoms with Gasteiger partial charge in [0, 0.05) is 4.57 Å². The minimum Gasteiger partial charge on any atom is -0.362 e. The summed E-state index contributed by atoms with van der Waals surface area (Å²) in [5.74, 6) is -0.984. The van der Waals surface area contributed by atoms with Crippen LogP contribution in [0.4, 0.5) is 0 Å². The van der Waals surface area contributed by atoms with E-state index in [2.05, 4.69) is 13.8 Å². The molecule has 0 rings (SSSR count). The Morgan fingerprint density at radius 1 is 1.38 bits per heavy atom. The largest absolute Gasteiger partial charge is 0.700 e. The van der Waals surface area contributed by atoms with Crippen LogP contribution in [0.1, 0.15) is 53.4 Å². The maximum atomic E-state index is 11.3. The van der Waals surface area contributed by atoms with Crippen molar-refractivity contribution in [1.29, 1.82) is 0 Å². The lowest BCUT2D eigenvalue weighted by atomic mass is 10.0. The first-order valence-electron chi connectivity index (χ1n) is 5.90. The molecule has 1 N–H and O–H groups in total. The van der Waals surface area contributed by atoms with Gasteiger partial charge in [0.05, 0.1) is 0 Å². The van der Waals surface area contributed by atoms with Crippen LogP contribution in [0.15, 0.2) is 0 Å². The molecule has 0 spiro atoms. The van der Waals surface area contributed by atoms with Crippen LogP contribution in [-0.2, 0) is 13.6 Å². The maximum Gasteiger partial charge on any atom is 0.700 e. The van der Waals surface area contributed by atoms with Crippen LogP contribution >= 0.6 is 8.25 Å². The Morgan fingerprint density at radius 3 is 2.44 bits per heavy atom. The van der Waals surface area contributed by atoms with Gasteiger partial charge in [0.15, 0.2) is 0 Å². The Balaban J connectivity index is 3.79. The van der Waals surface area contributed by atoms with Gasteiger partial charge >= 0.3 is 8.25 Å². The first kappa shape index (κ1) is 16.0. The van der Waals surface area contributed by atoms with Gasteiger partial charge in [0.2, 0.25) is 5.79 Å². The first-order valence-corrected chi connectivity index (χ1v) is 7.00. The van der Waals surface area contributed by atoms with Crippen molar-refractivity contribution in [3.8, 4) is 0 Å². The number of hydrogen-bond donors (Lipinski definition) is 1. The Hall–Kier alpha value is -0.0200. The molecule has 2 atom stereocenters. The van der Waals surface area contributed by atoms with Crippen LogP contribution in [0.5, 0.6) is 0 Å². The van der Waals surface area contributed by atoms with E-state index in [-0.39, 0.29) is 0 Å². The molecule has 0 aliphatic carbocycles. The van der Waals surface area contributed by atoms with Gasteiger partial charge in [-0.15, -0.1) is 4.52 Å². The van der Waals surface area contributed by atoms with Crippen molar-refractivity contribution in [3.05, 3.63) is 0 Å². The molecule has 0 saturated carbocycles. The van der Waals surface area contributed by atoms with Gasteiger partial charge in [-0.3, -0.25) is 0 Å². The summed E-state index contributed by atoms with van der Waals surface area (Å²) in [4.78, 5) is 0. The van der Waals surface area contributed by atoms with Crippen molar-refractivity contribution >= 4 is 8.25 Å². The summed E-state index contributed by atoms with van der Waals surface area (Å²) in [6.45, 7) is 7.52. The maximum absolute atomic E-state index is 11.3. The van der Waals surface area contributed by atoms with Crippen LogP contribution in [-0.4, -0.2) is 17.5 Å². The molecule has 96 valence electrons. The lowest BCUT2D eigenvalue weighted by Crippen LogP contribution is -2.20. The van der Waals surface area contributed by atoms with Gasteiger partial charge in [-0.25, -0.2) is 0 Å². The van der Waals surface area contributed by atoms with E-state index in [0.717, 1.165) is 25.7 Å². The van der Waals surface area contributed by atoms with Crippen LogP contribution in [0.25, 0.3) is 0 Å². The second-order valence-corrected chi connectivity index (χ2v) is 5.36. The van der Waals surface area contributed by atoms with E-state index in [0.29, 0.717) is 12.5 Å². The molecular weight excluding hydrogens is 227 g/mol. The van der Waals surface area contributed by atoms with Crippen molar-refractivity contribution in [3.63, 3.8) is 0 Å². The smallest absolute Gasteiger partial charge is 0.362 e. The zero-order valence-corrected chi connectivity index (χ0v) is 11.6. The van der Waals surface area contributed by atoms with E-state index >= 15 is 0 Å². The van der Waals surface area contributed by atoms with E-state index < -0.39 is 14.0 Å². The molecule has 0 fully saturated rings. The molecule has 5 heteroatoms. The fraction of sp³-hybridized carbons (Fsp3) is 1.00. The first-order chi connectivity index (χ1) is 7.39. The third-order valence-electron chi connectivity index (χ3n) is 2.26. The predicted molar refractivity (Wildman–Crippen MR) is 64.2 cm³/mol. The fourth-order valence-electron chi connectivity index (χ4n) is 1.27. The molecule has 0 heterocycles. The molecule has 2 unspecified atom stereocenters. The molecule has 4 nitrogen and oxygen atoms in total. The van der Waals surface area contributed by atoms with Crippen LogP contribution in [0.3, 0.4) is 0 Å².